The van der Waals surface area contributed by atoms with Crippen LogP contribution < -0.4 is 0 Å². The minimum Gasteiger partial charge on any atom is -0.462 e. The van der Waals surface area contributed by atoms with Crippen molar-refractivity contribution < 1.29 is 28.6 Å². The van der Waals surface area contributed by atoms with Gasteiger partial charge >= 0.3 is 17.9 Å². The van der Waals surface area contributed by atoms with E-state index >= 15 is 0 Å². The fourth-order valence-electron chi connectivity index (χ4n) is 8.18. The molecule has 0 aromatic rings. The zero-order valence-corrected chi connectivity index (χ0v) is 51.3. The summed E-state index contributed by atoms with van der Waals surface area (Å²) >= 11 is 0. The average molecular weight is 1100 g/mol. The van der Waals surface area contributed by atoms with Gasteiger partial charge in [-0.15, -0.1) is 0 Å². The van der Waals surface area contributed by atoms with Crippen LogP contribution in [0.1, 0.15) is 258 Å². The second kappa shape index (κ2) is 66.3. The number of unbranched alkanes of at least 4 members (excludes halogenated alkanes) is 17. The molecule has 0 amide bonds. The first-order valence-corrected chi connectivity index (χ1v) is 32.1. The van der Waals surface area contributed by atoms with Gasteiger partial charge in [0.25, 0.3) is 0 Å². The van der Waals surface area contributed by atoms with Gasteiger partial charge in [0, 0.05) is 19.3 Å². The highest BCUT2D eigenvalue weighted by molar-refractivity contribution is 5.71. The molecule has 0 fully saturated rings. The highest BCUT2D eigenvalue weighted by Crippen LogP contribution is 2.13. The van der Waals surface area contributed by atoms with Crippen LogP contribution in [-0.2, 0) is 28.6 Å². The third kappa shape index (κ3) is 63.6. The Bertz CT molecular complexity index is 1840. The number of allylic oxidation sites excluding steroid dienone is 28. The van der Waals surface area contributed by atoms with E-state index in [2.05, 4.69) is 191 Å². The molecule has 0 bridgehead atoms. The summed E-state index contributed by atoms with van der Waals surface area (Å²) in [6, 6.07) is 0. The zero-order valence-electron chi connectivity index (χ0n) is 51.3. The summed E-state index contributed by atoms with van der Waals surface area (Å²) in [5, 5.41) is 0. The fraction of sp³-hybridized carbons (Fsp3) is 0.581. The summed E-state index contributed by atoms with van der Waals surface area (Å²) in [6.07, 6.45) is 97.8. The lowest BCUT2D eigenvalue weighted by molar-refractivity contribution is -0.167. The van der Waals surface area contributed by atoms with Crippen molar-refractivity contribution in [2.24, 2.45) is 0 Å². The Balaban J connectivity index is 4.45. The normalized spacial score (nSPS) is 13.3. The molecule has 0 aromatic heterocycles. The summed E-state index contributed by atoms with van der Waals surface area (Å²) in [4.78, 5) is 38.3. The number of esters is 3. The Kier molecular flexibility index (Phi) is 61.9. The molecular weight excluding hydrogens is 985 g/mol. The molecule has 0 rings (SSSR count). The molecule has 0 saturated heterocycles. The molecule has 0 radical (unpaired) electrons. The van der Waals surface area contributed by atoms with Crippen molar-refractivity contribution >= 4 is 17.9 Å². The van der Waals surface area contributed by atoms with Gasteiger partial charge in [0.15, 0.2) is 6.10 Å². The van der Waals surface area contributed by atoms with Gasteiger partial charge in [-0.2, -0.15) is 0 Å². The fourth-order valence-corrected chi connectivity index (χ4v) is 8.18. The van der Waals surface area contributed by atoms with Crippen LogP contribution in [0.15, 0.2) is 170 Å². The second-order valence-electron chi connectivity index (χ2n) is 20.5. The first kappa shape index (κ1) is 74.8. The summed E-state index contributed by atoms with van der Waals surface area (Å²) in [6.45, 7) is 6.34. The monoisotopic (exact) mass is 1100 g/mol. The number of rotatable bonds is 56. The van der Waals surface area contributed by atoms with E-state index in [4.69, 9.17) is 14.2 Å². The Hall–Kier alpha value is -5.23. The summed E-state index contributed by atoms with van der Waals surface area (Å²) in [5.74, 6) is -0.982. The van der Waals surface area contributed by atoms with E-state index in [-0.39, 0.29) is 37.5 Å². The quantitative estimate of drug-likeness (QED) is 0.0261. The van der Waals surface area contributed by atoms with Crippen LogP contribution in [0, 0.1) is 0 Å². The molecule has 0 aliphatic rings. The van der Waals surface area contributed by atoms with Crippen LogP contribution in [0.25, 0.3) is 0 Å². The van der Waals surface area contributed by atoms with Crippen molar-refractivity contribution in [3.05, 3.63) is 170 Å². The molecule has 1 unspecified atom stereocenters. The van der Waals surface area contributed by atoms with Gasteiger partial charge in [-0.25, -0.2) is 0 Å². The van der Waals surface area contributed by atoms with Gasteiger partial charge in [0.05, 0.1) is 0 Å². The van der Waals surface area contributed by atoms with Crippen LogP contribution in [0.2, 0.25) is 0 Å². The topological polar surface area (TPSA) is 78.9 Å². The van der Waals surface area contributed by atoms with Crippen LogP contribution >= 0.6 is 0 Å². The predicted octanol–water partition coefficient (Wildman–Crippen LogP) is 22.3. The van der Waals surface area contributed by atoms with Gasteiger partial charge in [-0.3, -0.25) is 14.4 Å². The van der Waals surface area contributed by atoms with Crippen molar-refractivity contribution in [2.45, 2.75) is 264 Å². The second-order valence-corrected chi connectivity index (χ2v) is 20.5. The molecular formula is C74H116O6. The highest BCUT2D eigenvalue weighted by atomic mass is 16.6. The van der Waals surface area contributed by atoms with Gasteiger partial charge < -0.3 is 14.2 Å². The molecule has 0 aromatic carbocycles. The maximum absolute atomic E-state index is 12.9. The highest BCUT2D eigenvalue weighted by Gasteiger charge is 2.19. The molecule has 6 nitrogen and oxygen atoms in total. The summed E-state index contributed by atoms with van der Waals surface area (Å²) in [5.41, 5.74) is 0. The summed E-state index contributed by atoms with van der Waals surface area (Å²) in [7, 11) is 0. The maximum atomic E-state index is 12.9. The number of ether oxygens (including phenoxy) is 3. The van der Waals surface area contributed by atoms with E-state index in [0.717, 1.165) is 173 Å². The van der Waals surface area contributed by atoms with E-state index in [0.29, 0.717) is 12.8 Å². The van der Waals surface area contributed by atoms with Gasteiger partial charge in [-0.05, 0) is 154 Å². The number of carbonyl (C=O) groups excluding carboxylic acids is 3. The Labute approximate surface area is 492 Å². The lowest BCUT2D eigenvalue weighted by Crippen LogP contribution is -2.30. The van der Waals surface area contributed by atoms with E-state index in [9.17, 15) is 14.4 Å². The number of hydrogen-bond acceptors (Lipinski definition) is 6. The Morgan fingerprint density at radius 3 is 0.787 bits per heavy atom. The van der Waals surface area contributed by atoms with Crippen molar-refractivity contribution in [1.29, 1.82) is 0 Å². The largest absolute Gasteiger partial charge is 0.462 e. The van der Waals surface area contributed by atoms with Crippen LogP contribution in [-0.4, -0.2) is 37.2 Å². The molecule has 0 aliphatic carbocycles. The zero-order chi connectivity index (χ0) is 57.8. The van der Waals surface area contributed by atoms with Crippen LogP contribution in [0.5, 0.6) is 0 Å². The van der Waals surface area contributed by atoms with Crippen molar-refractivity contribution in [2.75, 3.05) is 13.2 Å². The first-order valence-electron chi connectivity index (χ1n) is 32.1. The van der Waals surface area contributed by atoms with E-state index < -0.39 is 6.10 Å². The molecule has 0 aliphatic heterocycles. The van der Waals surface area contributed by atoms with Crippen molar-refractivity contribution in [3.63, 3.8) is 0 Å². The van der Waals surface area contributed by atoms with Crippen molar-refractivity contribution in [1.82, 2.24) is 0 Å². The average Bonchev–Trinajstić information content (AvgIpc) is 3.46. The standard InChI is InChI=1S/C74H116O6/c1-4-7-10-13-16-19-22-25-28-30-31-32-33-34-35-36-37-38-39-40-41-42-43-45-46-49-52-55-58-61-64-67-73(76)79-70-71(69-78-72(75)66-63-60-57-54-51-48-27-24-21-18-15-12-9-6-3)80-74(77)68-65-62-59-56-53-50-47-44-29-26-23-20-17-14-11-8-5-2/h7-8,10-11,16-17,19-20,24-29,31-32,34-35,37-38,40-41,43,45,47,49-50,52,71H,4-6,9,12-15,18,21-23,30,33,36,39,42,44,46,48,51,53-70H2,1-3H3/b10-7-,11-8-,19-16-,20-17-,27-24-,28-25-,29-26-,32-31-,35-34-,38-37-,41-40-,45-43-,50-47-,52-49-. The maximum Gasteiger partial charge on any atom is 0.306 e. The molecule has 0 N–H and O–H groups in total. The minimum absolute atomic E-state index is 0.110. The van der Waals surface area contributed by atoms with E-state index in [1.165, 1.54) is 44.9 Å². The number of carbonyl (C=O) groups is 3. The molecule has 448 valence electrons. The van der Waals surface area contributed by atoms with Gasteiger partial charge in [0.1, 0.15) is 13.2 Å². The van der Waals surface area contributed by atoms with Gasteiger partial charge in [0.2, 0.25) is 0 Å². The van der Waals surface area contributed by atoms with Gasteiger partial charge in [-0.1, -0.05) is 255 Å². The molecule has 0 saturated carbocycles. The first-order chi connectivity index (χ1) is 39.5. The predicted molar refractivity (Wildman–Crippen MR) is 348 cm³/mol. The minimum atomic E-state index is -0.818. The number of hydrogen-bond donors (Lipinski definition) is 0. The van der Waals surface area contributed by atoms with E-state index in [1.54, 1.807) is 0 Å². The lowest BCUT2D eigenvalue weighted by Gasteiger charge is -2.18. The van der Waals surface area contributed by atoms with Crippen LogP contribution in [0.4, 0.5) is 0 Å². The lowest BCUT2D eigenvalue weighted by atomic mass is 10.1. The van der Waals surface area contributed by atoms with E-state index in [1.807, 2.05) is 0 Å². The molecule has 0 spiro atoms. The molecule has 6 heteroatoms. The third-order valence-corrected chi connectivity index (χ3v) is 12.9. The molecule has 0 heterocycles. The summed E-state index contributed by atoms with van der Waals surface area (Å²) < 4.78 is 16.9. The SMILES string of the molecule is CC/C=C\C/C=C\C/C=C\C/C=C\C/C=C\C/C=C\C/C=C\C/C=C\C/C=C\CCCCCC(=O)OCC(COC(=O)CCCCCCC/C=C\CCCCCCC)OC(=O)CCCCCC/C=C\C/C=C\C/C=C\C/C=C\CC. The Morgan fingerprint density at radius 2 is 0.487 bits per heavy atom. The Morgan fingerprint density at radius 1 is 0.263 bits per heavy atom. The molecule has 80 heavy (non-hydrogen) atoms. The smallest absolute Gasteiger partial charge is 0.306 e. The van der Waals surface area contributed by atoms with Crippen LogP contribution in [0.3, 0.4) is 0 Å². The molecule has 1 atom stereocenters. The third-order valence-electron chi connectivity index (χ3n) is 12.9. The van der Waals surface area contributed by atoms with Crippen molar-refractivity contribution in [3.8, 4) is 0 Å².